The Labute approximate surface area is 121 Å². The first-order valence-corrected chi connectivity index (χ1v) is 7.16. The molecule has 0 unspecified atom stereocenters. The van der Waals surface area contributed by atoms with Crippen LogP contribution < -0.4 is 5.43 Å². The molecule has 110 valence electrons. The second-order valence-corrected chi connectivity index (χ2v) is 5.79. The zero-order valence-electron chi connectivity index (χ0n) is 10.9. The van der Waals surface area contributed by atoms with Gasteiger partial charge in [0.2, 0.25) is 0 Å². The quantitative estimate of drug-likeness (QED) is 0.501. The molecule has 1 aliphatic rings. The highest BCUT2D eigenvalue weighted by atomic mass is 32.2. The largest absolute Gasteiger partial charge is 0.391 e. The van der Waals surface area contributed by atoms with Crippen LogP contribution in [0.2, 0.25) is 0 Å². The summed E-state index contributed by atoms with van der Waals surface area (Å²) in [5, 5.41) is 42.9. The highest BCUT2D eigenvalue weighted by Crippen LogP contribution is 2.26. The van der Waals surface area contributed by atoms with Crippen molar-refractivity contribution in [3.63, 3.8) is 0 Å². The summed E-state index contributed by atoms with van der Waals surface area (Å²) in [6, 6.07) is 9.45. The number of hydrogen-bond donors (Lipinski definition) is 5. The molecule has 0 amide bonds. The first-order chi connectivity index (χ1) is 9.50. The maximum Gasteiger partial charge on any atom is 0.125 e. The van der Waals surface area contributed by atoms with Crippen LogP contribution in [-0.4, -0.2) is 55.3 Å². The Morgan fingerprint density at radius 1 is 1.10 bits per heavy atom. The van der Waals surface area contributed by atoms with E-state index in [9.17, 15) is 20.4 Å². The Morgan fingerprint density at radius 3 is 2.35 bits per heavy atom. The van der Waals surface area contributed by atoms with Crippen LogP contribution in [0.3, 0.4) is 0 Å². The fourth-order valence-electron chi connectivity index (χ4n) is 1.82. The van der Waals surface area contributed by atoms with Crippen LogP contribution >= 0.6 is 11.8 Å². The Kier molecular flexibility index (Phi) is 5.00. The lowest BCUT2D eigenvalue weighted by Crippen LogP contribution is -2.49. The zero-order valence-corrected chi connectivity index (χ0v) is 11.7. The van der Waals surface area contributed by atoms with Crippen molar-refractivity contribution in [2.45, 2.75) is 36.7 Å². The van der Waals surface area contributed by atoms with Crippen molar-refractivity contribution < 1.29 is 20.4 Å². The summed E-state index contributed by atoms with van der Waals surface area (Å²) in [6.07, 6.45) is -5.24. The van der Waals surface area contributed by atoms with Crippen LogP contribution in [0.5, 0.6) is 0 Å². The van der Waals surface area contributed by atoms with Gasteiger partial charge in [-0.1, -0.05) is 42.1 Å². The van der Waals surface area contributed by atoms with E-state index in [4.69, 9.17) is 0 Å². The molecule has 0 aromatic heterocycles. The third-order valence-electron chi connectivity index (χ3n) is 3.06. The van der Waals surface area contributed by atoms with Gasteiger partial charge in [0.1, 0.15) is 28.7 Å². The molecular weight excluding hydrogens is 280 g/mol. The average molecular weight is 298 g/mol. The molecule has 5 atom stereocenters. The molecule has 0 bridgehead atoms. The molecule has 0 spiro atoms. The van der Waals surface area contributed by atoms with E-state index in [-0.39, 0.29) is 0 Å². The van der Waals surface area contributed by atoms with Crippen molar-refractivity contribution >= 4 is 16.8 Å². The Balaban J connectivity index is 1.97. The highest BCUT2D eigenvalue weighted by Gasteiger charge is 2.36. The molecule has 6 nitrogen and oxygen atoms in total. The van der Waals surface area contributed by atoms with Gasteiger partial charge in [-0.2, -0.15) is 5.10 Å². The molecule has 0 saturated carbocycles. The molecule has 0 radical (unpaired) electrons. The maximum atomic E-state index is 10.0. The van der Waals surface area contributed by atoms with Gasteiger partial charge < -0.3 is 20.4 Å². The van der Waals surface area contributed by atoms with E-state index in [2.05, 4.69) is 10.5 Å². The van der Waals surface area contributed by atoms with Crippen molar-refractivity contribution in [1.82, 2.24) is 5.43 Å². The number of rotatable bonds is 5. The van der Waals surface area contributed by atoms with E-state index < -0.39 is 29.8 Å². The summed E-state index contributed by atoms with van der Waals surface area (Å²) >= 11 is 1.27. The summed E-state index contributed by atoms with van der Waals surface area (Å²) in [6.45, 7) is 1.35. The predicted octanol–water partition coefficient (Wildman–Crippen LogP) is -0.526. The highest BCUT2D eigenvalue weighted by molar-refractivity contribution is 8.15. The molecule has 7 heteroatoms. The molecule has 1 aliphatic heterocycles. The van der Waals surface area contributed by atoms with Crippen molar-refractivity contribution in [3.05, 3.63) is 35.9 Å². The van der Waals surface area contributed by atoms with Gasteiger partial charge in [0.15, 0.2) is 0 Å². The summed E-state index contributed by atoms with van der Waals surface area (Å²) < 4.78 is 0. The maximum absolute atomic E-state index is 10.0. The monoisotopic (exact) mass is 298 g/mol. The second-order valence-electron chi connectivity index (χ2n) is 4.66. The molecule has 1 aromatic carbocycles. The van der Waals surface area contributed by atoms with Gasteiger partial charge >= 0.3 is 0 Å². The minimum absolute atomic E-state index is 0.575. The van der Waals surface area contributed by atoms with Crippen molar-refractivity contribution in [2.24, 2.45) is 5.10 Å². The fourth-order valence-corrected chi connectivity index (χ4v) is 2.85. The number of aliphatic hydroxyl groups excluding tert-OH is 4. The van der Waals surface area contributed by atoms with E-state index in [0.29, 0.717) is 5.04 Å². The van der Waals surface area contributed by atoms with Gasteiger partial charge in [0.25, 0.3) is 0 Å². The second kappa shape index (κ2) is 6.55. The molecule has 5 N–H and O–H groups in total. The molecule has 2 rings (SSSR count). The molecule has 0 aliphatic carbocycles. The van der Waals surface area contributed by atoms with Gasteiger partial charge in [-0.25, -0.2) is 0 Å². The first kappa shape index (κ1) is 15.3. The van der Waals surface area contributed by atoms with Crippen molar-refractivity contribution in [2.75, 3.05) is 0 Å². The Morgan fingerprint density at radius 2 is 1.75 bits per heavy atom. The van der Waals surface area contributed by atoms with Gasteiger partial charge in [-0.15, -0.1) is 0 Å². The van der Waals surface area contributed by atoms with Gasteiger partial charge in [-0.3, -0.25) is 5.43 Å². The summed E-state index contributed by atoms with van der Waals surface area (Å²) in [5.74, 6) is 0. The van der Waals surface area contributed by atoms with Crippen molar-refractivity contribution in [1.29, 1.82) is 0 Å². The Hall–Kier alpha value is -1.12. The summed E-state index contributed by atoms with van der Waals surface area (Å²) in [5.41, 5.74) is 3.64. The van der Waals surface area contributed by atoms with E-state index >= 15 is 0 Å². The van der Waals surface area contributed by atoms with Crippen LogP contribution in [0.25, 0.3) is 0 Å². The lowest BCUT2D eigenvalue weighted by Gasteiger charge is -2.27. The minimum atomic E-state index is -1.45. The van der Waals surface area contributed by atoms with Crippen molar-refractivity contribution in [3.8, 4) is 0 Å². The van der Waals surface area contributed by atoms with E-state index in [1.807, 2.05) is 30.3 Å². The third kappa shape index (κ3) is 3.31. The standard InChI is InChI=1S/C13H18N2O4S/c1-7(16)9(17)10(18)11(19)13-15-14-12(20-13)8-5-3-2-4-6-8/h2-7,9-11,13,15-19H,1H3/t7-,9-,10-,11-,13+/m0/s1. The minimum Gasteiger partial charge on any atom is -0.391 e. The Bertz CT molecular complexity index is 469. The number of hydrazone groups is 1. The first-order valence-electron chi connectivity index (χ1n) is 6.28. The number of aliphatic hydroxyl groups is 4. The lowest BCUT2D eigenvalue weighted by molar-refractivity contribution is -0.101. The fraction of sp³-hybridized carbons (Fsp3) is 0.462. The van der Waals surface area contributed by atoms with Crippen LogP contribution in [0.1, 0.15) is 12.5 Å². The molecular formula is C13H18N2O4S. The van der Waals surface area contributed by atoms with E-state index in [0.717, 1.165) is 5.56 Å². The van der Waals surface area contributed by atoms with Crippen LogP contribution in [0.15, 0.2) is 35.4 Å². The normalized spacial score (nSPS) is 24.4. The van der Waals surface area contributed by atoms with Gasteiger partial charge in [0, 0.05) is 5.56 Å². The molecule has 1 aromatic rings. The number of benzene rings is 1. The van der Waals surface area contributed by atoms with Crippen LogP contribution in [-0.2, 0) is 0 Å². The third-order valence-corrected chi connectivity index (χ3v) is 4.25. The number of thioether (sulfide) groups is 1. The molecule has 1 heterocycles. The number of hydrogen-bond acceptors (Lipinski definition) is 7. The number of nitrogens with one attached hydrogen (secondary N) is 1. The molecule has 0 fully saturated rings. The average Bonchev–Trinajstić information content (AvgIpc) is 2.95. The van der Waals surface area contributed by atoms with E-state index in [1.54, 1.807) is 0 Å². The molecule has 20 heavy (non-hydrogen) atoms. The summed E-state index contributed by atoms with van der Waals surface area (Å²) in [7, 11) is 0. The van der Waals surface area contributed by atoms with Crippen LogP contribution in [0.4, 0.5) is 0 Å². The summed E-state index contributed by atoms with van der Waals surface area (Å²) in [4.78, 5) is 0. The SMILES string of the molecule is C[C@H](O)[C@H](O)[C@H](O)[C@H](O)[C@@H]1NN=C(c2ccccc2)S1. The molecule has 0 saturated heterocycles. The van der Waals surface area contributed by atoms with Crippen LogP contribution in [0, 0.1) is 0 Å². The lowest BCUT2D eigenvalue weighted by atomic mass is 10.0. The van der Waals surface area contributed by atoms with E-state index in [1.165, 1.54) is 18.7 Å². The number of nitrogens with zero attached hydrogens (tertiary/aromatic N) is 1. The van der Waals surface area contributed by atoms with Gasteiger partial charge in [-0.05, 0) is 6.92 Å². The van der Waals surface area contributed by atoms with Gasteiger partial charge in [0.05, 0.1) is 6.10 Å². The zero-order chi connectivity index (χ0) is 14.7. The smallest absolute Gasteiger partial charge is 0.125 e. The predicted molar refractivity (Wildman–Crippen MR) is 77.2 cm³/mol. The topological polar surface area (TPSA) is 105 Å².